The average molecular weight is 101 g/mol. The predicted molar refractivity (Wildman–Crippen MR) is 25.6 cm³/mol. The molecule has 0 bridgehead atoms. The molecule has 0 aromatic carbocycles. The van der Waals surface area contributed by atoms with E-state index in [1.54, 1.807) is 0 Å². The monoisotopic (exact) mass is 101 g/mol. The Bertz CT molecular complexity index is 102. The van der Waals surface area contributed by atoms with E-state index >= 15 is 0 Å². The van der Waals surface area contributed by atoms with Crippen LogP contribution in [0, 0.1) is 0 Å². The first-order valence-corrected chi connectivity index (χ1v) is 1.79. The second-order valence-corrected chi connectivity index (χ2v) is 1.23. The molecule has 0 saturated carbocycles. The fourth-order valence-electron chi connectivity index (χ4n) is 0.195. The molecule has 40 valence electrons. The molecule has 0 aliphatic heterocycles. The fourth-order valence-corrected chi connectivity index (χ4v) is 0.195. The lowest BCUT2D eigenvalue weighted by atomic mass is 10.5. The zero-order valence-electron chi connectivity index (χ0n) is 4.01. The third kappa shape index (κ3) is 5.01. The lowest BCUT2D eigenvalue weighted by Gasteiger charge is -1.81. The molecule has 0 unspecified atom stereocenters. The molecule has 0 aliphatic rings. The second kappa shape index (κ2) is 2.23. The zero-order chi connectivity index (χ0) is 5.86. The summed E-state index contributed by atoms with van der Waals surface area (Å²) in [5.41, 5.74) is 5.29. The van der Waals surface area contributed by atoms with Crippen molar-refractivity contribution in [1.29, 1.82) is 0 Å². The molecular formula is C4H7NO2. The van der Waals surface area contributed by atoms with E-state index in [0.29, 0.717) is 5.70 Å². The van der Waals surface area contributed by atoms with Gasteiger partial charge in [-0.15, -0.1) is 0 Å². The van der Waals surface area contributed by atoms with E-state index in [1.165, 1.54) is 6.92 Å². The molecule has 0 amide bonds. The summed E-state index contributed by atoms with van der Waals surface area (Å²) >= 11 is 0. The van der Waals surface area contributed by atoms with Gasteiger partial charge in [0.15, 0.2) is 0 Å². The molecule has 3 heteroatoms. The van der Waals surface area contributed by atoms with Gasteiger partial charge in [0.2, 0.25) is 0 Å². The minimum Gasteiger partial charge on any atom is -0.478 e. The molecule has 0 aromatic heterocycles. The van der Waals surface area contributed by atoms with Crippen molar-refractivity contribution in [2.75, 3.05) is 0 Å². The first-order valence-electron chi connectivity index (χ1n) is 1.79. The van der Waals surface area contributed by atoms with E-state index in [1.807, 2.05) is 0 Å². The van der Waals surface area contributed by atoms with Crippen LogP contribution in [0.3, 0.4) is 0 Å². The summed E-state index contributed by atoms with van der Waals surface area (Å²) in [4.78, 5) is 9.65. The van der Waals surface area contributed by atoms with Crippen molar-refractivity contribution in [2.24, 2.45) is 5.73 Å². The molecule has 3 N–H and O–H groups in total. The van der Waals surface area contributed by atoms with Crippen molar-refractivity contribution < 1.29 is 9.90 Å². The van der Waals surface area contributed by atoms with Gasteiger partial charge in [0.1, 0.15) is 0 Å². The van der Waals surface area contributed by atoms with Crippen LogP contribution in [0.1, 0.15) is 6.92 Å². The molecule has 7 heavy (non-hydrogen) atoms. The highest BCUT2D eigenvalue weighted by Gasteiger charge is 1.84. The fraction of sp³-hybridized carbons (Fsp3) is 0.250. The van der Waals surface area contributed by atoms with Crippen molar-refractivity contribution in [3.63, 3.8) is 0 Å². The maximum atomic E-state index is 9.65. The number of nitrogens with two attached hydrogens (primary N) is 1. The minimum absolute atomic E-state index is 0.313. The van der Waals surface area contributed by atoms with Crippen LogP contribution in [0.4, 0.5) is 0 Å². The Morgan fingerprint density at radius 2 is 2.29 bits per heavy atom. The Balaban J connectivity index is 3.68. The van der Waals surface area contributed by atoms with E-state index in [2.05, 4.69) is 0 Å². The molecule has 3 nitrogen and oxygen atoms in total. The van der Waals surface area contributed by atoms with Gasteiger partial charge in [-0.3, -0.25) is 0 Å². The standard InChI is InChI=1S/C4H7NO2/c1-3(5)2-4(6)7/h2H,5H2,1H3,(H,6,7)/b3-2-. The van der Waals surface area contributed by atoms with Crippen LogP contribution < -0.4 is 5.73 Å². The van der Waals surface area contributed by atoms with Gasteiger partial charge in [-0.1, -0.05) is 0 Å². The minimum atomic E-state index is -1.000. The van der Waals surface area contributed by atoms with Gasteiger partial charge in [0.25, 0.3) is 0 Å². The van der Waals surface area contributed by atoms with Crippen LogP contribution in [-0.2, 0) is 4.79 Å². The summed E-state index contributed by atoms with van der Waals surface area (Å²) in [5, 5.41) is 7.93. The molecule has 0 atom stereocenters. The van der Waals surface area contributed by atoms with Crippen LogP contribution in [0.2, 0.25) is 0 Å². The van der Waals surface area contributed by atoms with E-state index in [-0.39, 0.29) is 0 Å². The third-order valence-electron chi connectivity index (χ3n) is 0.351. The smallest absolute Gasteiger partial charge is 0.330 e. The van der Waals surface area contributed by atoms with Crippen molar-refractivity contribution in [2.45, 2.75) is 6.92 Å². The Kier molecular flexibility index (Phi) is 1.91. The molecule has 0 spiro atoms. The van der Waals surface area contributed by atoms with Gasteiger partial charge in [-0.05, 0) is 6.92 Å². The number of aliphatic carboxylic acids is 1. The summed E-state index contributed by atoms with van der Waals surface area (Å²) in [5.74, 6) is -1.000. The number of carboxylic acid groups (broad SMARTS) is 1. The summed E-state index contributed by atoms with van der Waals surface area (Å²) in [6, 6.07) is 0. The molecule has 0 aliphatic carbocycles. The summed E-state index contributed by atoms with van der Waals surface area (Å²) < 4.78 is 0. The zero-order valence-corrected chi connectivity index (χ0v) is 4.01. The number of hydrogen-bond acceptors (Lipinski definition) is 2. The van der Waals surface area contributed by atoms with Crippen molar-refractivity contribution in [1.82, 2.24) is 0 Å². The topological polar surface area (TPSA) is 63.3 Å². The maximum Gasteiger partial charge on any atom is 0.330 e. The molecular weight excluding hydrogens is 94.0 g/mol. The quantitative estimate of drug-likeness (QED) is 0.454. The number of carbonyl (C=O) groups is 1. The van der Waals surface area contributed by atoms with Gasteiger partial charge in [-0.25, -0.2) is 4.79 Å². The number of rotatable bonds is 1. The molecule has 0 heterocycles. The highest BCUT2D eigenvalue weighted by molar-refractivity contribution is 5.80. The molecule has 0 rings (SSSR count). The van der Waals surface area contributed by atoms with Gasteiger partial charge < -0.3 is 10.8 Å². The maximum absolute atomic E-state index is 9.65. The molecule has 0 fully saturated rings. The van der Waals surface area contributed by atoms with Crippen molar-refractivity contribution in [3.05, 3.63) is 11.8 Å². The normalized spacial score (nSPS) is 11.3. The Morgan fingerprint density at radius 1 is 1.86 bits per heavy atom. The Morgan fingerprint density at radius 3 is 2.29 bits per heavy atom. The van der Waals surface area contributed by atoms with Crippen LogP contribution in [0.15, 0.2) is 11.8 Å². The van der Waals surface area contributed by atoms with E-state index in [4.69, 9.17) is 10.8 Å². The largest absolute Gasteiger partial charge is 0.478 e. The van der Waals surface area contributed by atoms with Gasteiger partial charge in [-0.2, -0.15) is 0 Å². The average Bonchev–Trinajstić information content (AvgIpc) is 1.27. The highest BCUT2D eigenvalue weighted by atomic mass is 16.4. The second-order valence-electron chi connectivity index (χ2n) is 1.23. The number of hydrogen-bond donors (Lipinski definition) is 2. The van der Waals surface area contributed by atoms with Crippen LogP contribution in [0.5, 0.6) is 0 Å². The van der Waals surface area contributed by atoms with Gasteiger partial charge in [0.05, 0.1) is 0 Å². The lowest BCUT2D eigenvalue weighted by Crippen LogP contribution is -1.96. The van der Waals surface area contributed by atoms with Crippen molar-refractivity contribution >= 4 is 5.97 Å². The number of allylic oxidation sites excluding steroid dienone is 1. The first kappa shape index (κ1) is 6.01. The summed E-state index contributed by atoms with van der Waals surface area (Å²) in [7, 11) is 0. The molecule has 0 aromatic rings. The lowest BCUT2D eigenvalue weighted by molar-refractivity contribution is -0.131. The first-order chi connectivity index (χ1) is 3.13. The third-order valence-corrected chi connectivity index (χ3v) is 0.351. The summed E-state index contributed by atoms with van der Waals surface area (Å²) in [6.45, 7) is 1.52. The van der Waals surface area contributed by atoms with Crippen molar-refractivity contribution in [3.8, 4) is 0 Å². The predicted octanol–water partition coefficient (Wildman–Crippen LogP) is -0.0665. The Hall–Kier alpha value is -0.990. The summed E-state index contributed by atoms with van der Waals surface area (Å²) in [6.07, 6.45) is 0.944. The number of carboxylic acids is 1. The van der Waals surface area contributed by atoms with Gasteiger partial charge in [0, 0.05) is 11.8 Å². The van der Waals surface area contributed by atoms with Crippen LogP contribution in [-0.4, -0.2) is 11.1 Å². The van der Waals surface area contributed by atoms with E-state index < -0.39 is 5.97 Å². The molecule has 0 saturated heterocycles. The Labute approximate surface area is 41.4 Å². The SMILES string of the molecule is C/C(N)=C/C(=O)O. The van der Waals surface area contributed by atoms with E-state index in [9.17, 15) is 4.79 Å². The van der Waals surface area contributed by atoms with Crippen LogP contribution >= 0.6 is 0 Å². The highest BCUT2D eigenvalue weighted by Crippen LogP contribution is 1.75. The molecule has 0 radical (unpaired) electrons. The van der Waals surface area contributed by atoms with E-state index in [0.717, 1.165) is 6.08 Å². The van der Waals surface area contributed by atoms with Gasteiger partial charge >= 0.3 is 5.97 Å². The van der Waals surface area contributed by atoms with Crippen LogP contribution in [0.25, 0.3) is 0 Å².